The number of carbonyl (C=O) groups is 1. The van der Waals surface area contributed by atoms with Crippen molar-refractivity contribution in [2.75, 3.05) is 25.4 Å². The van der Waals surface area contributed by atoms with Gasteiger partial charge in [0, 0.05) is 35.2 Å². The first-order chi connectivity index (χ1) is 13.6. The van der Waals surface area contributed by atoms with Crippen LogP contribution < -0.4 is 4.74 Å². The highest BCUT2D eigenvalue weighted by Crippen LogP contribution is 2.36. The van der Waals surface area contributed by atoms with Gasteiger partial charge >= 0.3 is 0 Å². The quantitative estimate of drug-likeness (QED) is 0.598. The van der Waals surface area contributed by atoms with Gasteiger partial charge in [0.15, 0.2) is 0 Å². The van der Waals surface area contributed by atoms with Crippen LogP contribution in [-0.2, 0) is 0 Å². The molecule has 0 bridgehead atoms. The molecule has 1 amide bonds. The number of unbranched alkanes of at least 4 members (excludes halogenated alkanes) is 1. The lowest BCUT2D eigenvalue weighted by Crippen LogP contribution is -2.32. The molecule has 150 valence electrons. The van der Waals surface area contributed by atoms with Crippen LogP contribution in [0.3, 0.4) is 0 Å². The summed E-state index contributed by atoms with van der Waals surface area (Å²) in [6.45, 7) is 3.88. The molecule has 1 saturated heterocycles. The van der Waals surface area contributed by atoms with Gasteiger partial charge in [0.1, 0.15) is 17.4 Å². The van der Waals surface area contributed by atoms with Gasteiger partial charge in [-0.05, 0) is 55.3 Å². The maximum Gasteiger partial charge on any atom is 0.253 e. The summed E-state index contributed by atoms with van der Waals surface area (Å²) in [6, 6.07) is 10.8. The van der Waals surface area contributed by atoms with Gasteiger partial charge in [-0.15, -0.1) is 0 Å². The van der Waals surface area contributed by atoms with E-state index in [2.05, 4.69) is 6.92 Å². The minimum absolute atomic E-state index is 0.0407. The van der Waals surface area contributed by atoms with Gasteiger partial charge in [0.05, 0.1) is 6.61 Å². The van der Waals surface area contributed by atoms with Crippen LogP contribution in [-0.4, -0.2) is 36.3 Å². The highest BCUT2D eigenvalue weighted by molar-refractivity contribution is 7.99. The van der Waals surface area contributed by atoms with E-state index < -0.39 is 11.6 Å². The normalized spacial score (nSPS) is 17.2. The van der Waals surface area contributed by atoms with Crippen LogP contribution in [0.1, 0.15) is 47.4 Å². The Kier molecular flexibility index (Phi) is 7.31. The second kappa shape index (κ2) is 9.92. The van der Waals surface area contributed by atoms with E-state index in [0.717, 1.165) is 24.7 Å². The zero-order chi connectivity index (χ0) is 19.9. The summed E-state index contributed by atoms with van der Waals surface area (Å²) in [7, 11) is 0. The summed E-state index contributed by atoms with van der Waals surface area (Å²) >= 11 is 1.57. The number of amides is 1. The van der Waals surface area contributed by atoms with Crippen LogP contribution >= 0.6 is 11.8 Å². The van der Waals surface area contributed by atoms with E-state index in [1.807, 2.05) is 12.1 Å². The number of thioether (sulfide) groups is 1. The van der Waals surface area contributed by atoms with E-state index in [1.54, 1.807) is 28.8 Å². The van der Waals surface area contributed by atoms with Crippen molar-refractivity contribution >= 4 is 17.7 Å². The molecule has 3 nitrogen and oxygen atoms in total. The number of carbonyl (C=O) groups excluding carboxylic acids is 1. The molecule has 2 aromatic carbocycles. The first kappa shape index (κ1) is 20.6. The van der Waals surface area contributed by atoms with Gasteiger partial charge in [0.25, 0.3) is 5.91 Å². The van der Waals surface area contributed by atoms with Crippen molar-refractivity contribution in [3.63, 3.8) is 0 Å². The lowest BCUT2D eigenvalue weighted by molar-refractivity contribution is 0.0766. The number of hydrogen-bond acceptors (Lipinski definition) is 3. The Labute approximate surface area is 169 Å². The highest BCUT2D eigenvalue weighted by Gasteiger charge is 2.25. The SMILES string of the molecule is CCCCOc1ccc(C(=O)N2CCSC(c3cc(F)ccc3F)CC2)cc1. The van der Waals surface area contributed by atoms with Gasteiger partial charge in [0.2, 0.25) is 0 Å². The standard InChI is InChI=1S/C22H25F2NO2S/c1-2-3-13-27-18-7-4-16(5-8-18)22(26)25-11-10-21(28-14-12-25)19-15-17(23)6-9-20(19)24/h4-9,15,21H,2-3,10-14H2,1H3. The van der Waals surface area contributed by atoms with Crippen molar-refractivity contribution in [1.29, 1.82) is 0 Å². The summed E-state index contributed by atoms with van der Waals surface area (Å²) < 4.78 is 33.2. The van der Waals surface area contributed by atoms with Crippen LogP contribution in [0.4, 0.5) is 8.78 Å². The molecule has 1 unspecified atom stereocenters. The minimum atomic E-state index is -0.435. The summed E-state index contributed by atoms with van der Waals surface area (Å²) in [5.74, 6) is 0.580. The fourth-order valence-electron chi connectivity index (χ4n) is 3.19. The first-order valence-electron chi connectivity index (χ1n) is 9.67. The van der Waals surface area contributed by atoms with E-state index in [1.165, 1.54) is 12.1 Å². The van der Waals surface area contributed by atoms with Crippen LogP contribution in [0.5, 0.6) is 5.75 Å². The molecule has 6 heteroatoms. The zero-order valence-electron chi connectivity index (χ0n) is 16.0. The molecule has 0 spiro atoms. The molecule has 1 aliphatic heterocycles. The molecular weight excluding hydrogens is 380 g/mol. The summed E-state index contributed by atoms with van der Waals surface area (Å²) in [5.41, 5.74) is 0.996. The third-order valence-corrected chi connectivity index (χ3v) is 6.11. The average Bonchev–Trinajstić information content (AvgIpc) is 2.96. The van der Waals surface area contributed by atoms with Crippen LogP contribution in [0.25, 0.3) is 0 Å². The largest absolute Gasteiger partial charge is 0.494 e. The maximum absolute atomic E-state index is 14.1. The van der Waals surface area contributed by atoms with Gasteiger partial charge in [-0.25, -0.2) is 8.78 Å². The minimum Gasteiger partial charge on any atom is -0.494 e. The fraction of sp³-hybridized carbons (Fsp3) is 0.409. The molecular formula is C22H25F2NO2S. The molecule has 28 heavy (non-hydrogen) atoms. The van der Waals surface area contributed by atoms with E-state index in [0.29, 0.717) is 43.0 Å². The Bertz CT molecular complexity index is 798. The van der Waals surface area contributed by atoms with Crippen molar-refractivity contribution in [1.82, 2.24) is 4.90 Å². The van der Waals surface area contributed by atoms with Crippen LogP contribution in [0.15, 0.2) is 42.5 Å². The Morgan fingerprint density at radius 3 is 2.71 bits per heavy atom. The predicted octanol–water partition coefficient (Wildman–Crippen LogP) is 5.46. The number of benzene rings is 2. The van der Waals surface area contributed by atoms with Crippen LogP contribution in [0.2, 0.25) is 0 Å². The third-order valence-electron chi connectivity index (χ3n) is 4.80. The number of rotatable bonds is 6. The topological polar surface area (TPSA) is 29.5 Å². The molecule has 0 aliphatic carbocycles. The summed E-state index contributed by atoms with van der Waals surface area (Å²) in [5, 5.41) is -0.150. The third kappa shape index (κ3) is 5.25. The summed E-state index contributed by atoms with van der Waals surface area (Å²) in [6.07, 6.45) is 2.66. The van der Waals surface area contributed by atoms with Crippen molar-refractivity contribution < 1.29 is 18.3 Å². The Morgan fingerprint density at radius 2 is 1.96 bits per heavy atom. The molecule has 1 atom stereocenters. The van der Waals surface area contributed by atoms with Crippen molar-refractivity contribution in [3.8, 4) is 5.75 Å². The van der Waals surface area contributed by atoms with Gasteiger partial charge in [-0.3, -0.25) is 4.79 Å². The van der Waals surface area contributed by atoms with Gasteiger partial charge in [-0.2, -0.15) is 11.8 Å². The summed E-state index contributed by atoms with van der Waals surface area (Å²) in [4.78, 5) is 14.6. The molecule has 1 heterocycles. The average molecular weight is 406 g/mol. The first-order valence-corrected chi connectivity index (χ1v) is 10.7. The lowest BCUT2D eigenvalue weighted by atomic mass is 10.1. The fourth-order valence-corrected chi connectivity index (χ4v) is 4.44. The molecule has 0 radical (unpaired) electrons. The molecule has 1 aliphatic rings. The van der Waals surface area contributed by atoms with E-state index in [9.17, 15) is 13.6 Å². The Balaban J connectivity index is 1.62. The smallest absolute Gasteiger partial charge is 0.253 e. The maximum atomic E-state index is 14.1. The second-order valence-corrected chi connectivity index (χ2v) is 8.14. The molecule has 0 aromatic heterocycles. The molecule has 0 saturated carbocycles. The van der Waals surface area contributed by atoms with E-state index in [-0.39, 0.29) is 11.2 Å². The van der Waals surface area contributed by atoms with Crippen molar-refractivity contribution in [2.24, 2.45) is 0 Å². The van der Waals surface area contributed by atoms with Crippen LogP contribution in [0, 0.1) is 11.6 Å². The Hall–Kier alpha value is -2.08. The molecule has 2 aromatic rings. The molecule has 3 rings (SSSR count). The number of nitrogens with zero attached hydrogens (tertiary/aromatic N) is 1. The molecule has 1 fully saturated rings. The van der Waals surface area contributed by atoms with E-state index in [4.69, 9.17) is 4.74 Å². The van der Waals surface area contributed by atoms with Crippen molar-refractivity contribution in [2.45, 2.75) is 31.4 Å². The lowest BCUT2D eigenvalue weighted by Gasteiger charge is -2.20. The van der Waals surface area contributed by atoms with E-state index >= 15 is 0 Å². The highest BCUT2D eigenvalue weighted by atomic mass is 32.2. The Morgan fingerprint density at radius 1 is 1.18 bits per heavy atom. The van der Waals surface area contributed by atoms with Gasteiger partial charge < -0.3 is 9.64 Å². The van der Waals surface area contributed by atoms with Gasteiger partial charge in [-0.1, -0.05) is 13.3 Å². The van der Waals surface area contributed by atoms with Crippen molar-refractivity contribution in [3.05, 3.63) is 65.2 Å². The zero-order valence-corrected chi connectivity index (χ0v) is 16.8. The predicted molar refractivity (Wildman–Crippen MR) is 109 cm³/mol. The monoisotopic (exact) mass is 405 g/mol. The number of hydrogen-bond donors (Lipinski definition) is 0. The second-order valence-electron chi connectivity index (χ2n) is 6.83. The number of halogens is 2. The number of ether oxygens (including phenoxy) is 1. The molecule has 0 N–H and O–H groups in total.